The maximum Gasteiger partial charge on any atom is 0.329 e. The Morgan fingerprint density at radius 3 is 2.54 bits per heavy atom. The van der Waals surface area contributed by atoms with E-state index in [4.69, 9.17) is 5.11 Å². The Bertz CT molecular complexity index is 195. The second kappa shape index (κ2) is 4.90. The van der Waals surface area contributed by atoms with Gasteiger partial charge in [-0.1, -0.05) is 19.3 Å². The lowest BCUT2D eigenvalue weighted by atomic mass is 9.95. The molecule has 0 saturated heterocycles. The number of hydrogen-bond acceptors (Lipinski definition) is 2. The predicted molar refractivity (Wildman–Crippen MR) is 51.4 cm³/mol. The van der Waals surface area contributed by atoms with Gasteiger partial charge in [0.15, 0.2) is 0 Å². The van der Waals surface area contributed by atoms with E-state index in [0.717, 1.165) is 0 Å². The third kappa shape index (κ3) is 3.49. The van der Waals surface area contributed by atoms with Crippen molar-refractivity contribution in [1.82, 2.24) is 4.90 Å². The van der Waals surface area contributed by atoms with Crippen molar-refractivity contribution in [2.45, 2.75) is 38.1 Å². The summed E-state index contributed by atoms with van der Waals surface area (Å²) in [5.74, 6) is -0.873. The van der Waals surface area contributed by atoms with Crippen LogP contribution in [0.3, 0.4) is 0 Å². The monoisotopic (exact) mass is 183 g/mol. The molecule has 0 amide bonds. The van der Waals surface area contributed by atoms with Gasteiger partial charge in [0.05, 0.1) is 0 Å². The van der Waals surface area contributed by atoms with Crippen LogP contribution in [0.15, 0.2) is 12.3 Å². The van der Waals surface area contributed by atoms with Gasteiger partial charge in [-0.05, 0) is 12.8 Å². The molecule has 1 N–H and O–H groups in total. The first-order valence-corrected chi connectivity index (χ1v) is 4.83. The third-order valence-electron chi connectivity index (χ3n) is 2.60. The van der Waals surface area contributed by atoms with Crippen molar-refractivity contribution in [2.24, 2.45) is 0 Å². The molecule has 3 heteroatoms. The minimum absolute atomic E-state index is 0.546. The van der Waals surface area contributed by atoms with Crippen LogP contribution in [0.25, 0.3) is 0 Å². The summed E-state index contributed by atoms with van der Waals surface area (Å²) in [6.45, 7) is 0. The first-order valence-electron chi connectivity index (χ1n) is 4.83. The average molecular weight is 183 g/mol. The number of rotatable bonds is 3. The van der Waals surface area contributed by atoms with Crippen LogP contribution in [0.4, 0.5) is 0 Å². The quantitative estimate of drug-likeness (QED) is 0.679. The molecule has 0 atom stereocenters. The minimum Gasteiger partial charge on any atom is -0.478 e. The molecule has 1 fully saturated rings. The molecule has 1 rings (SSSR count). The minimum atomic E-state index is -0.873. The van der Waals surface area contributed by atoms with Gasteiger partial charge in [-0.15, -0.1) is 0 Å². The molecule has 0 aromatic carbocycles. The molecule has 0 radical (unpaired) electrons. The van der Waals surface area contributed by atoms with Gasteiger partial charge in [0.1, 0.15) is 0 Å². The Morgan fingerprint density at radius 1 is 1.38 bits per heavy atom. The number of carboxylic acids is 1. The largest absolute Gasteiger partial charge is 0.478 e. The summed E-state index contributed by atoms with van der Waals surface area (Å²) >= 11 is 0. The number of hydrogen-bond donors (Lipinski definition) is 1. The van der Waals surface area contributed by atoms with Crippen molar-refractivity contribution in [1.29, 1.82) is 0 Å². The lowest BCUT2D eigenvalue weighted by molar-refractivity contribution is -0.131. The number of nitrogens with zero attached hydrogens (tertiary/aromatic N) is 1. The summed E-state index contributed by atoms with van der Waals surface area (Å²) in [5, 5.41) is 8.45. The topological polar surface area (TPSA) is 40.5 Å². The van der Waals surface area contributed by atoms with Crippen LogP contribution in [0.5, 0.6) is 0 Å². The van der Waals surface area contributed by atoms with Gasteiger partial charge in [0, 0.05) is 25.4 Å². The van der Waals surface area contributed by atoms with Crippen LogP contribution in [0, 0.1) is 0 Å². The first-order chi connectivity index (χ1) is 6.20. The highest BCUT2D eigenvalue weighted by atomic mass is 16.4. The second-order valence-corrected chi connectivity index (χ2v) is 3.61. The van der Waals surface area contributed by atoms with Gasteiger partial charge in [0.2, 0.25) is 0 Å². The molecule has 3 nitrogen and oxygen atoms in total. The molecule has 13 heavy (non-hydrogen) atoms. The zero-order valence-electron chi connectivity index (χ0n) is 8.07. The zero-order chi connectivity index (χ0) is 9.68. The van der Waals surface area contributed by atoms with Crippen LogP contribution >= 0.6 is 0 Å². The van der Waals surface area contributed by atoms with Crippen LogP contribution in [0.1, 0.15) is 32.1 Å². The van der Waals surface area contributed by atoms with E-state index in [-0.39, 0.29) is 0 Å². The van der Waals surface area contributed by atoms with Crippen LogP contribution in [-0.4, -0.2) is 29.1 Å². The summed E-state index contributed by atoms with van der Waals surface area (Å²) in [6.07, 6.45) is 9.13. The standard InChI is InChI=1S/C10H17NO2/c1-11(8-7-10(12)13)9-5-3-2-4-6-9/h7-9H,2-6H2,1H3,(H,12,13). The molecule has 0 aromatic rings. The molecule has 0 spiro atoms. The lowest BCUT2D eigenvalue weighted by Gasteiger charge is -2.29. The highest BCUT2D eigenvalue weighted by Gasteiger charge is 2.15. The van der Waals surface area contributed by atoms with Crippen LogP contribution in [-0.2, 0) is 4.79 Å². The highest BCUT2D eigenvalue weighted by molar-refractivity contribution is 5.79. The van der Waals surface area contributed by atoms with E-state index in [1.165, 1.54) is 38.2 Å². The van der Waals surface area contributed by atoms with Gasteiger partial charge in [-0.2, -0.15) is 0 Å². The Balaban J connectivity index is 2.36. The fraction of sp³-hybridized carbons (Fsp3) is 0.700. The average Bonchev–Trinajstić information content (AvgIpc) is 2.15. The fourth-order valence-electron chi connectivity index (χ4n) is 1.79. The SMILES string of the molecule is CN(C=CC(=O)O)C1CCCCC1. The summed E-state index contributed by atoms with van der Waals surface area (Å²) in [5.41, 5.74) is 0. The Morgan fingerprint density at radius 2 is 2.00 bits per heavy atom. The molecule has 0 aromatic heterocycles. The fourth-order valence-corrected chi connectivity index (χ4v) is 1.79. The van der Waals surface area contributed by atoms with E-state index in [0.29, 0.717) is 6.04 Å². The summed E-state index contributed by atoms with van der Waals surface area (Å²) < 4.78 is 0. The van der Waals surface area contributed by atoms with E-state index in [9.17, 15) is 4.79 Å². The van der Waals surface area contributed by atoms with E-state index in [1.54, 1.807) is 6.20 Å². The molecule has 74 valence electrons. The summed E-state index contributed by atoms with van der Waals surface area (Å²) in [7, 11) is 1.95. The van der Waals surface area contributed by atoms with E-state index < -0.39 is 5.97 Å². The smallest absolute Gasteiger partial charge is 0.329 e. The Labute approximate surface area is 79.0 Å². The molecular formula is C10H17NO2. The lowest BCUT2D eigenvalue weighted by Crippen LogP contribution is -2.29. The zero-order valence-corrected chi connectivity index (χ0v) is 8.07. The van der Waals surface area contributed by atoms with Crippen molar-refractivity contribution in [3.63, 3.8) is 0 Å². The van der Waals surface area contributed by atoms with E-state index in [2.05, 4.69) is 0 Å². The van der Waals surface area contributed by atoms with Crippen molar-refractivity contribution in [3.8, 4) is 0 Å². The van der Waals surface area contributed by atoms with Gasteiger partial charge in [0.25, 0.3) is 0 Å². The van der Waals surface area contributed by atoms with Crippen molar-refractivity contribution >= 4 is 5.97 Å². The van der Waals surface area contributed by atoms with Crippen molar-refractivity contribution < 1.29 is 9.90 Å². The Kier molecular flexibility index (Phi) is 3.80. The van der Waals surface area contributed by atoms with Gasteiger partial charge in [-0.3, -0.25) is 0 Å². The third-order valence-corrected chi connectivity index (χ3v) is 2.60. The molecule has 1 saturated carbocycles. The maximum atomic E-state index is 10.3. The number of aliphatic carboxylic acids is 1. The summed E-state index contributed by atoms with van der Waals surface area (Å²) in [4.78, 5) is 12.3. The molecule has 1 aliphatic carbocycles. The normalized spacial score (nSPS) is 19.2. The van der Waals surface area contributed by atoms with Gasteiger partial charge in [-0.25, -0.2) is 4.79 Å². The van der Waals surface area contributed by atoms with Crippen molar-refractivity contribution in [3.05, 3.63) is 12.3 Å². The molecular weight excluding hydrogens is 166 g/mol. The van der Waals surface area contributed by atoms with Gasteiger partial charge < -0.3 is 10.0 Å². The number of carbonyl (C=O) groups is 1. The number of carboxylic acid groups (broad SMARTS) is 1. The predicted octanol–water partition coefficient (Wildman–Crippen LogP) is 1.85. The van der Waals surface area contributed by atoms with E-state index >= 15 is 0 Å². The first kappa shape index (κ1) is 10.1. The molecule has 0 heterocycles. The Hall–Kier alpha value is -0.990. The summed E-state index contributed by atoms with van der Waals surface area (Å²) in [6, 6.07) is 0.546. The maximum absolute atomic E-state index is 10.3. The van der Waals surface area contributed by atoms with E-state index in [1.807, 2.05) is 11.9 Å². The van der Waals surface area contributed by atoms with Crippen LogP contribution < -0.4 is 0 Å². The van der Waals surface area contributed by atoms with Gasteiger partial charge >= 0.3 is 5.97 Å². The molecule has 0 unspecified atom stereocenters. The molecule has 1 aliphatic rings. The van der Waals surface area contributed by atoms with Crippen LogP contribution in [0.2, 0.25) is 0 Å². The molecule has 0 aliphatic heterocycles. The molecule has 0 bridgehead atoms. The highest BCUT2D eigenvalue weighted by Crippen LogP contribution is 2.21. The van der Waals surface area contributed by atoms with Crippen molar-refractivity contribution in [2.75, 3.05) is 7.05 Å². The second-order valence-electron chi connectivity index (χ2n) is 3.61.